The molecule has 0 radical (unpaired) electrons. The van der Waals surface area contributed by atoms with Crippen LogP contribution in [0, 0.1) is 30.6 Å². The molecule has 0 bridgehead atoms. The van der Waals surface area contributed by atoms with Crippen molar-refractivity contribution in [3.8, 4) is 5.75 Å². The molecule has 4 amide bonds. The fraction of sp³-hybridized carbons (Fsp3) is 0.209. The summed E-state index contributed by atoms with van der Waals surface area (Å²) < 4.78 is 0. The van der Waals surface area contributed by atoms with Crippen LogP contribution >= 0.6 is 0 Å². The van der Waals surface area contributed by atoms with Crippen LogP contribution in [0.3, 0.4) is 0 Å². The molecule has 5 aromatic rings. The Balaban J connectivity index is 1.26. The van der Waals surface area contributed by atoms with Crippen molar-refractivity contribution in [2.45, 2.75) is 31.1 Å². The van der Waals surface area contributed by atoms with Crippen molar-refractivity contribution >= 4 is 58.4 Å². The van der Waals surface area contributed by atoms with Crippen LogP contribution in [0.1, 0.15) is 35.4 Å². The molecule has 0 aromatic heterocycles. The maximum Gasteiger partial charge on any atom is 0.488 e. The zero-order chi connectivity index (χ0) is 37.5. The van der Waals surface area contributed by atoms with E-state index in [0.29, 0.717) is 22.0 Å². The number of aromatic hydroxyl groups is 1. The van der Waals surface area contributed by atoms with Gasteiger partial charge in [0.2, 0.25) is 11.8 Å². The Kier molecular flexibility index (Phi) is 7.84. The summed E-state index contributed by atoms with van der Waals surface area (Å²) in [5.41, 5.74) is 5.81. The molecular formula is C43H36BN3O7. The molecule has 54 heavy (non-hydrogen) atoms. The number of aryl methyl sites for hydroxylation is 1. The Morgan fingerprint density at radius 1 is 0.759 bits per heavy atom. The van der Waals surface area contributed by atoms with Gasteiger partial charge in [0, 0.05) is 11.3 Å². The van der Waals surface area contributed by atoms with Gasteiger partial charge in [-0.2, -0.15) is 5.01 Å². The second-order valence-electron chi connectivity index (χ2n) is 14.8. The highest BCUT2D eigenvalue weighted by Gasteiger charge is 2.70. The molecule has 1 saturated carbocycles. The Bertz CT molecular complexity index is 2420. The topological polar surface area (TPSA) is 147 Å². The summed E-state index contributed by atoms with van der Waals surface area (Å²) in [5, 5.41) is 33.2. The lowest BCUT2D eigenvalue weighted by molar-refractivity contribution is -0.138. The number of carbonyl (C=O) groups is 4. The number of amides is 4. The number of hydrazine groups is 1. The molecule has 2 aliphatic heterocycles. The molecule has 268 valence electrons. The second kappa shape index (κ2) is 12.5. The number of imide groups is 2. The van der Waals surface area contributed by atoms with Crippen molar-refractivity contribution < 1.29 is 34.3 Å². The predicted octanol–water partition coefficient (Wildman–Crippen LogP) is 4.72. The second-order valence-corrected chi connectivity index (χ2v) is 14.8. The molecular weight excluding hydrogens is 681 g/mol. The number of hydrogen-bond acceptors (Lipinski definition) is 8. The third-order valence-electron chi connectivity index (χ3n) is 12.1. The van der Waals surface area contributed by atoms with Gasteiger partial charge in [0.25, 0.3) is 11.8 Å². The summed E-state index contributed by atoms with van der Waals surface area (Å²) in [6.45, 7) is 1.95. The minimum Gasteiger partial charge on any atom is -0.507 e. The van der Waals surface area contributed by atoms with Crippen LogP contribution in [0.4, 0.5) is 11.4 Å². The van der Waals surface area contributed by atoms with Crippen LogP contribution < -0.4 is 15.8 Å². The normalized spacial score (nSPS) is 26.1. The maximum absolute atomic E-state index is 15.5. The van der Waals surface area contributed by atoms with Crippen molar-refractivity contribution in [2.24, 2.45) is 23.7 Å². The molecule has 10 nitrogen and oxygen atoms in total. The lowest BCUT2D eigenvalue weighted by Crippen LogP contribution is -2.53. The highest BCUT2D eigenvalue weighted by molar-refractivity contribution is 6.58. The highest BCUT2D eigenvalue weighted by Crippen LogP contribution is 2.65. The van der Waals surface area contributed by atoms with Crippen molar-refractivity contribution in [1.29, 1.82) is 0 Å². The number of fused-ring (bicyclic) bond motifs is 5. The van der Waals surface area contributed by atoms with Crippen molar-refractivity contribution in [3.63, 3.8) is 0 Å². The van der Waals surface area contributed by atoms with E-state index in [0.717, 1.165) is 26.6 Å². The molecule has 5 aromatic carbocycles. The van der Waals surface area contributed by atoms with Gasteiger partial charge in [-0.15, -0.1) is 0 Å². The molecule has 2 aliphatic carbocycles. The van der Waals surface area contributed by atoms with Gasteiger partial charge in [0.15, 0.2) is 0 Å². The average Bonchev–Trinajstić information content (AvgIpc) is 3.57. The number of anilines is 2. The molecule has 11 heteroatoms. The lowest BCUT2D eigenvalue weighted by atomic mass is 9.49. The van der Waals surface area contributed by atoms with Gasteiger partial charge in [-0.25, -0.2) is 0 Å². The van der Waals surface area contributed by atoms with Crippen molar-refractivity contribution in [3.05, 3.63) is 144 Å². The first kappa shape index (κ1) is 33.8. The number of hydrogen-bond donors (Lipinski definition) is 4. The Hall–Kier alpha value is -6.04. The summed E-state index contributed by atoms with van der Waals surface area (Å²) in [7, 11) is -1.79. The van der Waals surface area contributed by atoms with Crippen LogP contribution in [0.5, 0.6) is 5.75 Å². The smallest absolute Gasteiger partial charge is 0.488 e. The van der Waals surface area contributed by atoms with Crippen LogP contribution in [0.15, 0.2) is 127 Å². The largest absolute Gasteiger partial charge is 0.507 e. The SMILES string of the molecule is Cc1ccc(NN2C(=O)C3CC4C(=CCC5C(=O)N(c6cccc(B(O)O)c6)C(=O)C54)C(c4ccc(O)c5ccccc45)C3(c3ccccc3)C2=O)cc1. The highest BCUT2D eigenvalue weighted by atomic mass is 16.4. The van der Waals surface area contributed by atoms with E-state index in [1.165, 1.54) is 12.1 Å². The van der Waals surface area contributed by atoms with Gasteiger partial charge in [0.05, 0.1) is 34.5 Å². The standard InChI is InChI=1S/C43H36BN3O7/c1-24-14-16-27(17-15-24)45-47-40(50)35-23-34-32(18-19-33-37(34)41(51)46(39(33)49)28-11-7-10-26(22-28)44(53)54)38(43(35,42(47)52)25-8-3-2-4-9-25)31-20-21-36(48)30-13-6-5-12-29(30)31/h2-18,20-22,33-35,37-38,45,48,53-54H,19,23H2,1H3. The van der Waals surface area contributed by atoms with E-state index in [-0.39, 0.29) is 29.7 Å². The first-order valence-electron chi connectivity index (χ1n) is 18.1. The zero-order valence-corrected chi connectivity index (χ0v) is 29.3. The summed E-state index contributed by atoms with van der Waals surface area (Å²) in [5.74, 6) is -5.46. The maximum atomic E-state index is 15.5. The number of nitrogens with one attached hydrogen (secondary N) is 1. The Morgan fingerprint density at radius 3 is 2.22 bits per heavy atom. The fourth-order valence-electron chi connectivity index (χ4n) is 9.73. The minimum absolute atomic E-state index is 0.0728. The quantitative estimate of drug-likeness (QED) is 0.112. The number of allylic oxidation sites excluding steroid dienone is 2. The van der Waals surface area contributed by atoms with E-state index in [2.05, 4.69) is 5.43 Å². The monoisotopic (exact) mass is 717 g/mol. The molecule has 4 aliphatic rings. The number of nitrogens with zero attached hydrogens (tertiary/aromatic N) is 2. The van der Waals surface area contributed by atoms with Gasteiger partial charge < -0.3 is 15.2 Å². The minimum atomic E-state index is -1.79. The zero-order valence-electron chi connectivity index (χ0n) is 29.3. The first-order valence-corrected chi connectivity index (χ1v) is 18.1. The van der Waals surface area contributed by atoms with Gasteiger partial charge in [-0.3, -0.25) is 29.5 Å². The number of phenolic OH excluding ortho intramolecular Hbond substituents is 1. The first-order chi connectivity index (χ1) is 26.1. The summed E-state index contributed by atoms with van der Waals surface area (Å²) >= 11 is 0. The molecule has 3 fully saturated rings. The number of phenols is 1. The molecule has 2 heterocycles. The number of benzene rings is 5. The van der Waals surface area contributed by atoms with E-state index in [1.54, 1.807) is 18.2 Å². The number of rotatable bonds is 6. The van der Waals surface area contributed by atoms with Gasteiger partial charge in [0.1, 0.15) is 5.75 Å². The summed E-state index contributed by atoms with van der Waals surface area (Å²) in [6, 6.07) is 33.6. The van der Waals surface area contributed by atoms with E-state index in [9.17, 15) is 29.5 Å². The van der Waals surface area contributed by atoms with Crippen LogP contribution in [0.25, 0.3) is 10.8 Å². The van der Waals surface area contributed by atoms with E-state index in [1.807, 2.05) is 97.9 Å². The summed E-state index contributed by atoms with van der Waals surface area (Å²) in [4.78, 5) is 60.4. The fourth-order valence-corrected chi connectivity index (χ4v) is 9.73. The van der Waals surface area contributed by atoms with Crippen LogP contribution in [-0.2, 0) is 24.6 Å². The summed E-state index contributed by atoms with van der Waals surface area (Å²) in [6.07, 6.45) is 2.36. The number of carbonyl (C=O) groups excluding carboxylic acids is 4. The van der Waals surface area contributed by atoms with Gasteiger partial charge >= 0.3 is 7.12 Å². The van der Waals surface area contributed by atoms with Crippen LogP contribution in [0.2, 0.25) is 0 Å². The molecule has 6 atom stereocenters. The molecule has 9 rings (SSSR count). The third-order valence-corrected chi connectivity index (χ3v) is 12.1. The molecule has 0 spiro atoms. The van der Waals surface area contributed by atoms with Gasteiger partial charge in [-0.05, 0) is 78.0 Å². The molecule has 4 N–H and O–H groups in total. The van der Waals surface area contributed by atoms with E-state index in [4.69, 9.17) is 0 Å². The van der Waals surface area contributed by atoms with Crippen molar-refractivity contribution in [2.75, 3.05) is 10.3 Å². The predicted molar refractivity (Wildman–Crippen MR) is 203 cm³/mol. The van der Waals surface area contributed by atoms with Gasteiger partial charge in [-0.1, -0.05) is 102 Å². The third kappa shape index (κ3) is 4.81. The van der Waals surface area contributed by atoms with E-state index < -0.39 is 65.8 Å². The van der Waals surface area contributed by atoms with Crippen molar-refractivity contribution in [1.82, 2.24) is 5.01 Å². The molecule has 6 unspecified atom stereocenters. The molecule has 2 saturated heterocycles. The Labute approximate surface area is 311 Å². The average molecular weight is 718 g/mol. The Morgan fingerprint density at radius 2 is 1.48 bits per heavy atom. The van der Waals surface area contributed by atoms with Crippen LogP contribution in [-0.4, -0.2) is 50.9 Å². The van der Waals surface area contributed by atoms with E-state index >= 15 is 4.79 Å². The lowest BCUT2D eigenvalue weighted by Gasteiger charge is -2.51.